The van der Waals surface area contributed by atoms with Crippen LogP contribution in [0.2, 0.25) is 0 Å². The van der Waals surface area contributed by atoms with Gasteiger partial charge in [-0.25, -0.2) is 4.98 Å². The number of anilines is 3. The smallest absolute Gasteiger partial charge is 0.378 e. The monoisotopic (exact) mass is 397 g/mol. The van der Waals surface area contributed by atoms with Crippen LogP contribution in [0.1, 0.15) is 24.2 Å². The molecule has 2 saturated heterocycles. The van der Waals surface area contributed by atoms with Crippen molar-refractivity contribution >= 4 is 17.5 Å². The van der Waals surface area contributed by atoms with Crippen LogP contribution >= 0.6 is 0 Å². The molecule has 8 nitrogen and oxygen atoms in total. The number of aromatic nitrogens is 4. The molecule has 0 amide bonds. The molecule has 2 aromatic heterocycles. The summed E-state index contributed by atoms with van der Waals surface area (Å²) >= 11 is 0. The van der Waals surface area contributed by atoms with E-state index in [1.54, 1.807) is 6.92 Å². The maximum atomic E-state index is 13.1. The molecule has 2 aliphatic rings. The summed E-state index contributed by atoms with van der Waals surface area (Å²) < 4.78 is 46.4. The third kappa shape index (κ3) is 3.63. The first kappa shape index (κ1) is 18.9. The van der Waals surface area contributed by atoms with Crippen LogP contribution in [0.3, 0.4) is 0 Å². The zero-order valence-corrected chi connectivity index (χ0v) is 15.6. The number of nitrogens with one attached hydrogen (secondary N) is 2. The lowest BCUT2D eigenvalue weighted by Crippen LogP contribution is -2.59. The van der Waals surface area contributed by atoms with Gasteiger partial charge in [0.1, 0.15) is 11.4 Å². The summed E-state index contributed by atoms with van der Waals surface area (Å²) in [7, 11) is 0. The van der Waals surface area contributed by atoms with E-state index in [4.69, 9.17) is 4.74 Å². The van der Waals surface area contributed by atoms with Crippen LogP contribution in [0.25, 0.3) is 0 Å². The molecule has 4 rings (SSSR count). The lowest BCUT2D eigenvalue weighted by Gasteiger charge is -2.47. The van der Waals surface area contributed by atoms with E-state index in [1.807, 2.05) is 17.8 Å². The van der Waals surface area contributed by atoms with Gasteiger partial charge in [-0.3, -0.25) is 9.58 Å². The number of ether oxygens (including phenoxy) is 1. The van der Waals surface area contributed by atoms with Crippen molar-refractivity contribution in [3.05, 3.63) is 23.7 Å². The third-order valence-corrected chi connectivity index (χ3v) is 5.00. The van der Waals surface area contributed by atoms with Gasteiger partial charge in [0, 0.05) is 32.0 Å². The molecule has 0 saturated carbocycles. The molecule has 2 N–H and O–H groups in total. The van der Waals surface area contributed by atoms with Crippen molar-refractivity contribution in [1.29, 1.82) is 0 Å². The first-order chi connectivity index (χ1) is 13.3. The van der Waals surface area contributed by atoms with Crippen LogP contribution < -0.4 is 10.6 Å². The predicted octanol–water partition coefficient (Wildman–Crippen LogP) is 2.43. The molecular formula is C17H22F3N7O. The molecule has 2 fully saturated rings. The zero-order valence-electron chi connectivity index (χ0n) is 15.6. The minimum absolute atomic E-state index is 0.0912. The minimum atomic E-state index is -4.52. The van der Waals surface area contributed by atoms with E-state index in [-0.39, 0.29) is 17.8 Å². The molecule has 0 aromatic carbocycles. The Morgan fingerprint density at radius 3 is 2.61 bits per heavy atom. The number of halogens is 3. The Labute approximate surface area is 160 Å². The van der Waals surface area contributed by atoms with Crippen LogP contribution in [0, 0.1) is 6.92 Å². The van der Waals surface area contributed by atoms with Crippen LogP contribution in [0.4, 0.5) is 30.6 Å². The summed E-state index contributed by atoms with van der Waals surface area (Å²) in [5.41, 5.74) is 0.522. The highest BCUT2D eigenvalue weighted by Gasteiger charge is 2.37. The highest BCUT2D eigenvalue weighted by atomic mass is 19.4. The summed E-state index contributed by atoms with van der Waals surface area (Å²) in [5, 5.41) is 10.2. The molecule has 11 heteroatoms. The van der Waals surface area contributed by atoms with Gasteiger partial charge in [0.25, 0.3) is 0 Å². The van der Waals surface area contributed by atoms with Gasteiger partial charge in [-0.15, -0.1) is 0 Å². The molecule has 28 heavy (non-hydrogen) atoms. The van der Waals surface area contributed by atoms with Crippen molar-refractivity contribution in [2.24, 2.45) is 0 Å². The lowest BCUT2D eigenvalue weighted by molar-refractivity contribution is -0.137. The number of nitrogens with zero attached hydrogens (tertiary/aromatic N) is 5. The number of hydrogen-bond acceptors (Lipinski definition) is 7. The van der Waals surface area contributed by atoms with E-state index in [1.165, 1.54) is 0 Å². The van der Waals surface area contributed by atoms with Crippen molar-refractivity contribution in [3.8, 4) is 0 Å². The van der Waals surface area contributed by atoms with E-state index >= 15 is 0 Å². The fourth-order valence-corrected chi connectivity index (χ4v) is 3.25. The Hall–Kier alpha value is -2.40. The average Bonchev–Trinajstić information content (AvgIpc) is 2.88. The van der Waals surface area contributed by atoms with Crippen LogP contribution in [-0.4, -0.2) is 63.5 Å². The first-order valence-electron chi connectivity index (χ1n) is 9.17. The second-order valence-corrected chi connectivity index (χ2v) is 7.02. The quantitative estimate of drug-likeness (QED) is 0.775. The lowest BCUT2D eigenvalue weighted by atomic mass is 10.0. The molecule has 0 bridgehead atoms. The molecule has 0 atom stereocenters. The first-order valence-corrected chi connectivity index (χ1v) is 9.17. The normalized spacial score (nSPS) is 18.6. The van der Waals surface area contributed by atoms with Gasteiger partial charge in [0.15, 0.2) is 0 Å². The highest BCUT2D eigenvalue weighted by Crippen LogP contribution is 2.34. The van der Waals surface area contributed by atoms with Crippen LogP contribution in [0.15, 0.2) is 12.4 Å². The Morgan fingerprint density at radius 1 is 1.25 bits per heavy atom. The van der Waals surface area contributed by atoms with Gasteiger partial charge in [0.2, 0.25) is 5.95 Å². The standard InChI is InChI=1S/C17H22F3N7O/c1-3-21-15-13(17(18,19)20)4-22-16(24-15)23-14-7-27(25-10(14)2)11-5-26(6-11)12-8-28-9-12/h4,7,11-12H,3,5-6,8-9H2,1-2H3,(H2,21,22,23,24). The third-order valence-electron chi connectivity index (χ3n) is 5.00. The molecule has 152 valence electrons. The summed E-state index contributed by atoms with van der Waals surface area (Å²) in [4.78, 5) is 10.2. The van der Waals surface area contributed by atoms with Crippen LogP contribution in [0.5, 0.6) is 0 Å². The van der Waals surface area contributed by atoms with E-state index < -0.39 is 11.7 Å². The van der Waals surface area contributed by atoms with E-state index in [0.717, 1.165) is 38.2 Å². The van der Waals surface area contributed by atoms with E-state index in [9.17, 15) is 13.2 Å². The molecule has 0 radical (unpaired) electrons. The minimum Gasteiger partial charge on any atom is -0.378 e. The second-order valence-electron chi connectivity index (χ2n) is 7.02. The number of hydrogen-bond donors (Lipinski definition) is 2. The highest BCUT2D eigenvalue weighted by molar-refractivity contribution is 5.58. The molecule has 0 spiro atoms. The second kappa shape index (κ2) is 7.21. The summed E-state index contributed by atoms with van der Waals surface area (Å²) in [6.07, 6.45) is -1.88. The Balaban J connectivity index is 1.47. The van der Waals surface area contributed by atoms with Gasteiger partial charge < -0.3 is 15.4 Å². The topological polar surface area (TPSA) is 80.1 Å². The van der Waals surface area contributed by atoms with Gasteiger partial charge in [-0.2, -0.15) is 23.3 Å². The Bertz CT molecular complexity index is 844. The summed E-state index contributed by atoms with van der Waals surface area (Å²) in [6.45, 7) is 7.27. The van der Waals surface area contributed by atoms with Gasteiger partial charge in [0.05, 0.1) is 36.7 Å². The Kier molecular flexibility index (Phi) is 4.88. The van der Waals surface area contributed by atoms with E-state index in [0.29, 0.717) is 18.3 Å². The van der Waals surface area contributed by atoms with Crippen molar-refractivity contribution in [1.82, 2.24) is 24.6 Å². The molecule has 2 aliphatic heterocycles. The zero-order chi connectivity index (χ0) is 19.9. The van der Waals surface area contributed by atoms with Crippen molar-refractivity contribution in [2.45, 2.75) is 32.1 Å². The molecule has 2 aromatic rings. The predicted molar refractivity (Wildman–Crippen MR) is 96.7 cm³/mol. The maximum Gasteiger partial charge on any atom is 0.421 e. The summed E-state index contributed by atoms with van der Waals surface area (Å²) in [6, 6.07) is 0.788. The fraction of sp³-hybridized carbons (Fsp3) is 0.588. The largest absolute Gasteiger partial charge is 0.421 e. The maximum absolute atomic E-state index is 13.1. The summed E-state index contributed by atoms with van der Waals surface area (Å²) in [5.74, 6) is -0.150. The molecular weight excluding hydrogens is 375 g/mol. The van der Waals surface area contributed by atoms with Crippen molar-refractivity contribution in [2.75, 3.05) is 43.5 Å². The van der Waals surface area contributed by atoms with Crippen molar-refractivity contribution in [3.63, 3.8) is 0 Å². The molecule has 4 heterocycles. The van der Waals surface area contributed by atoms with Gasteiger partial charge in [-0.05, 0) is 13.8 Å². The Morgan fingerprint density at radius 2 is 2.00 bits per heavy atom. The van der Waals surface area contributed by atoms with Gasteiger partial charge >= 0.3 is 6.18 Å². The number of alkyl halides is 3. The molecule has 0 aliphatic carbocycles. The molecule has 0 unspecified atom stereocenters. The number of aryl methyl sites for hydroxylation is 1. The average molecular weight is 397 g/mol. The van der Waals surface area contributed by atoms with Crippen LogP contribution in [-0.2, 0) is 10.9 Å². The van der Waals surface area contributed by atoms with E-state index in [2.05, 4.69) is 30.6 Å². The fourth-order valence-electron chi connectivity index (χ4n) is 3.25. The number of rotatable bonds is 6. The number of likely N-dealkylation sites (tertiary alicyclic amines) is 1. The van der Waals surface area contributed by atoms with Gasteiger partial charge in [-0.1, -0.05) is 0 Å². The SMILES string of the molecule is CCNc1nc(Nc2cn(C3CN(C4COC4)C3)nc2C)ncc1C(F)(F)F. The van der Waals surface area contributed by atoms with Crippen molar-refractivity contribution < 1.29 is 17.9 Å².